The summed E-state index contributed by atoms with van der Waals surface area (Å²) in [5.41, 5.74) is 1.08. The molecular weight excluding hydrogens is 312 g/mol. The van der Waals surface area contributed by atoms with Crippen molar-refractivity contribution in [1.82, 2.24) is 9.55 Å². The van der Waals surface area contributed by atoms with Gasteiger partial charge in [-0.25, -0.2) is 13.4 Å². The van der Waals surface area contributed by atoms with E-state index in [1.54, 1.807) is 7.11 Å². The quantitative estimate of drug-likeness (QED) is 0.811. The van der Waals surface area contributed by atoms with E-state index in [4.69, 9.17) is 16.3 Å². The molecule has 1 aliphatic heterocycles. The molecule has 1 saturated heterocycles. The van der Waals surface area contributed by atoms with Crippen LogP contribution >= 0.6 is 11.6 Å². The van der Waals surface area contributed by atoms with E-state index in [2.05, 4.69) is 4.98 Å². The number of para-hydroxylation sites is 1. The number of rotatable bonds is 3. The van der Waals surface area contributed by atoms with Gasteiger partial charge in [-0.15, -0.1) is 11.6 Å². The van der Waals surface area contributed by atoms with E-state index in [0.29, 0.717) is 18.0 Å². The second kappa shape index (κ2) is 4.88. The van der Waals surface area contributed by atoms with Gasteiger partial charge in [0.05, 0.1) is 35.6 Å². The molecule has 5 nitrogen and oxygen atoms in total. The van der Waals surface area contributed by atoms with Crippen LogP contribution in [0.4, 0.5) is 0 Å². The Balaban J connectivity index is 2.27. The molecule has 21 heavy (non-hydrogen) atoms. The number of fused-ring (bicyclic) bond motifs is 1. The van der Waals surface area contributed by atoms with E-state index < -0.39 is 15.4 Å². The molecule has 0 N–H and O–H groups in total. The summed E-state index contributed by atoms with van der Waals surface area (Å²) in [7, 11) is -1.42. The number of hydrogen-bond acceptors (Lipinski definition) is 4. The first-order chi connectivity index (χ1) is 9.90. The number of sulfone groups is 1. The smallest absolute Gasteiger partial charge is 0.152 e. The molecule has 7 heteroatoms. The maximum Gasteiger partial charge on any atom is 0.152 e. The Morgan fingerprint density at radius 1 is 1.48 bits per heavy atom. The number of halogens is 1. The molecular formula is C14H17ClN2O3S. The first kappa shape index (κ1) is 14.7. The summed E-state index contributed by atoms with van der Waals surface area (Å²) in [5, 5.41) is 0. The Morgan fingerprint density at radius 3 is 2.81 bits per heavy atom. The predicted octanol–water partition coefficient (Wildman–Crippen LogP) is 2.32. The molecule has 1 unspecified atom stereocenters. The molecule has 0 saturated carbocycles. The van der Waals surface area contributed by atoms with Crippen molar-refractivity contribution in [2.75, 3.05) is 18.6 Å². The number of ether oxygens (including phenoxy) is 1. The van der Waals surface area contributed by atoms with Crippen LogP contribution < -0.4 is 4.74 Å². The molecule has 3 rings (SSSR count). The summed E-state index contributed by atoms with van der Waals surface area (Å²) in [6.45, 7) is 1.95. The van der Waals surface area contributed by atoms with Crippen LogP contribution in [0.1, 0.15) is 19.2 Å². The number of nitrogens with zero attached hydrogens (tertiary/aromatic N) is 2. The van der Waals surface area contributed by atoms with Crippen LogP contribution in [0.2, 0.25) is 0 Å². The summed E-state index contributed by atoms with van der Waals surface area (Å²) < 4.78 is 31.1. The van der Waals surface area contributed by atoms with Gasteiger partial charge in [0.1, 0.15) is 17.1 Å². The zero-order chi connectivity index (χ0) is 15.3. The van der Waals surface area contributed by atoms with Crippen LogP contribution in [0.5, 0.6) is 5.75 Å². The highest BCUT2D eigenvalue weighted by atomic mass is 35.5. The average Bonchev–Trinajstić information content (AvgIpc) is 2.96. The molecule has 1 aliphatic rings. The molecule has 0 amide bonds. The van der Waals surface area contributed by atoms with Crippen LogP contribution in [0.15, 0.2) is 18.2 Å². The standard InChI is InChI=1S/C14H17ClN2O3S/c1-14(6-7-21(18,19)9-14)17-10-4-3-5-11(20-2)13(10)16-12(17)8-15/h3-5H,6-9H2,1-2H3. The van der Waals surface area contributed by atoms with Crippen molar-refractivity contribution in [3.05, 3.63) is 24.0 Å². The zero-order valence-electron chi connectivity index (χ0n) is 12.0. The Labute approximate surface area is 128 Å². The van der Waals surface area contributed by atoms with Gasteiger partial charge >= 0.3 is 0 Å². The number of alkyl halides is 1. The lowest BCUT2D eigenvalue weighted by Gasteiger charge is -2.27. The molecule has 0 bridgehead atoms. The molecule has 0 aliphatic carbocycles. The van der Waals surface area contributed by atoms with Crippen LogP contribution in [0.25, 0.3) is 11.0 Å². The number of hydrogen-bond donors (Lipinski definition) is 0. The molecule has 1 aromatic carbocycles. The highest BCUT2D eigenvalue weighted by molar-refractivity contribution is 7.91. The van der Waals surface area contributed by atoms with Crippen molar-refractivity contribution in [2.45, 2.75) is 24.8 Å². The lowest BCUT2D eigenvalue weighted by atomic mass is 10.0. The van der Waals surface area contributed by atoms with Gasteiger partial charge in [0.15, 0.2) is 9.84 Å². The van der Waals surface area contributed by atoms with E-state index in [0.717, 1.165) is 11.0 Å². The number of imidazole rings is 1. The van der Waals surface area contributed by atoms with Gasteiger partial charge in [-0.2, -0.15) is 0 Å². The highest BCUT2D eigenvalue weighted by Crippen LogP contribution is 2.37. The second-order valence-corrected chi connectivity index (χ2v) is 8.12. The zero-order valence-corrected chi connectivity index (χ0v) is 13.5. The fraction of sp³-hybridized carbons (Fsp3) is 0.500. The van der Waals surface area contributed by atoms with Gasteiger partial charge in [-0.3, -0.25) is 0 Å². The van der Waals surface area contributed by atoms with E-state index in [1.807, 2.05) is 29.7 Å². The SMILES string of the molecule is COc1cccc2c1nc(CCl)n2C1(C)CCS(=O)(=O)C1. The molecule has 2 heterocycles. The predicted molar refractivity (Wildman–Crippen MR) is 82.8 cm³/mol. The summed E-state index contributed by atoms with van der Waals surface area (Å²) in [6.07, 6.45) is 0.571. The second-order valence-electron chi connectivity index (χ2n) is 5.66. The van der Waals surface area contributed by atoms with Crippen LogP contribution in [-0.4, -0.2) is 36.6 Å². The topological polar surface area (TPSA) is 61.2 Å². The van der Waals surface area contributed by atoms with Crippen molar-refractivity contribution in [3.8, 4) is 5.75 Å². The Hall–Kier alpha value is -1.27. The van der Waals surface area contributed by atoms with Gasteiger partial charge in [0.25, 0.3) is 0 Å². The summed E-state index contributed by atoms with van der Waals surface area (Å²) in [5.74, 6) is 1.90. The largest absolute Gasteiger partial charge is 0.494 e. The molecule has 0 spiro atoms. The summed E-state index contributed by atoms with van der Waals surface area (Å²) in [6, 6.07) is 5.65. The van der Waals surface area contributed by atoms with Crippen LogP contribution in [-0.2, 0) is 21.3 Å². The van der Waals surface area contributed by atoms with Gasteiger partial charge in [-0.05, 0) is 25.5 Å². The summed E-state index contributed by atoms with van der Waals surface area (Å²) in [4.78, 5) is 4.55. The third-order valence-electron chi connectivity index (χ3n) is 4.08. The lowest BCUT2D eigenvalue weighted by Crippen LogP contribution is -2.32. The summed E-state index contributed by atoms with van der Waals surface area (Å²) >= 11 is 6.04. The van der Waals surface area contributed by atoms with E-state index in [9.17, 15) is 8.42 Å². The third kappa shape index (κ3) is 2.30. The molecule has 0 radical (unpaired) electrons. The first-order valence-electron chi connectivity index (χ1n) is 6.71. The first-order valence-corrected chi connectivity index (χ1v) is 9.07. The Morgan fingerprint density at radius 2 is 2.24 bits per heavy atom. The molecule has 114 valence electrons. The maximum atomic E-state index is 11.9. The Bertz CT molecular complexity index is 800. The van der Waals surface area contributed by atoms with E-state index >= 15 is 0 Å². The fourth-order valence-electron chi connectivity index (χ4n) is 3.15. The highest BCUT2D eigenvalue weighted by Gasteiger charge is 2.42. The van der Waals surface area contributed by atoms with Crippen molar-refractivity contribution in [2.24, 2.45) is 0 Å². The number of methoxy groups -OCH3 is 1. The minimum Gasteiger partial charge on any atom is -0.494 e. The van der Waals surface area contributed by atoms with Crippen LogP contribution in [0.3, 0.4) is 0 Å². The molecule has 1 fully saturated rings. The van der Waals surface area contributed by atoms with Crippen molar-refractivity contribution < 1.29 is 13.2 Å². The third-order valence-corrected chi connectivity index (χ3v) is 6.21. The molecule has 2 aromatic rings. The van der Waals surface area contributed by atoms with Crippen molar-refractivity contribution in [3.63, 3.8) is 0 Å². The van der Waals surface area contributed by atoms with Gasteiger partial charge in [-0.1, -0.05) is 6.07 Å². The fourth-order valence-corrected chi connectivity index (χ4v) is 5.44. The van der Waals surface area contributed by atoms with Crippen LogP contribution in [0, 0.1) is 0 Å². The average molecular weight is 329 g/mol. The minimum atomic E-state index is -3.01. The minimum absolute atomic E-state index is 0.118. The van der Waals surface area contributed by atoms with E-state index in [1.165, 1.54) is 0 Å². The van der Waals surface area contributed by atoms with Gasteiger partial charge < -0.3 is 9.30 Å². The van der Waals surface area contributed by atoms with Gasteiger partial charge in [0.2, 0.25) is 0 Å². The van der Waals surface area contributed by atoms with Gasteiger partial charge in [0, 0.05) is 0 Å². The normalized spacial score (nSPS) is 24.5. The number of aromatic nitrogens is 2. The number of benzene rings is 1. The maximum absolute atomic E-state index is 11.9. The molecule has 1 atom stereocenters. The lowest BCUT2D eigenvalue weighted by molar-refractivity contribution is 0.367. The van der Waals surface area contributed by atoms with Crippen molar-refractivity contribution in [1.29, 1.82) is 0 Å². The Kier molecular flexibility index (Phi) is 3.41. The monoisotopic (exact) mass is 328 g/mol. The van der Waals surface area contributed by atoms with Crippen molar-refractivity contribution >= 4 is 32.5 Å². The molecule has 1 aromatic heterocycles. The van der Waals surface area contributed by atoms with E-state index in [-0.39, 0.29) is 17.4 Å².